The van der Waals surface area contributed by atoms with Crippen molar-refractivity contribution in [2.75, 3.05) is 0 Å². The summed E-state index contributed by atoms with van der Waals surface area (Å²) in [7, 11) is 0. The zero-order valence-electron chi connectivity index (χ0n) is 6.13. The van der Waals surface area contributed by atoms with Gasteiger partial charge in [0.25, 0.3) is 0 Å². The lowest BCUT2D eigenvalue weighted by molar-refractivity contribution is -0.106. The van der Waals surface area contributed by atoms with Gasteiger partial charge >= 0.3 is 0 Å². The van der Waals surface area contributed by atoms with E-state index in [1.807, 2.05) is 13.8 Å². The standard InChI is InChI=1S/C7H11NO2/c1-6(2)8-7(5-10)3-4-9/h3-6,8H,1-2H3/b7-3+. The predicted molar refractivity (Wildman–Crippen MR) is 38.5 cm³/mol. The fourth-order valence-electron chi connectivity index (χ4n) is 0.528. The number of carbonyl (C=O) groups is 2. The highest BCUT2D eigenvalue weighted by Crippen LogP contribution is 1.85. The summed E-state index contributed by atoms with van der Waals surface area (Å²) in [5.41, 5.74) is 0.324. The van der Waals surface area contributed by atoms with Crippen molar-refractivity contribution in [1.29, 1.82) is 0 Å². The largest absolute Gasteiger partial charge is 0.380 e. The third-order valence-corrected chi connectivity index (χ3v) is 0.830. The molecule has 1 N–H and O–H groups in total. The van der Waals surface area contributed by atoms with Crippen LogP contribution in [0.5, 0.6) is 0 Å². The highest BCUT2D eigenvalue weighted by atomic mass is 16.1. The summed E-state index contributed by atoms with van der Waals surface area (Å²) in [5.74, 6) is 0. The maximum absolute atomic E-state index is 10.1. The molecule has 0 atom stereocenters. The van der Waals surface area contributed by atoms with Crippen LogP contribution in [0, 0.1) is 0 Å². The second kappa shape index (κ2) is 4.73. The van der Waals surface area contributed by atoms with E-state index in [1.54, 1.807) is 0 Å². The molecule has 0 aliphatic heterocycles. The molecule has 0 amide bonds. The van der Waals surface area contributed by atoms with Gasteiger partial charge < -0.3 is 5.32 Å². The van der Waals surface area contributed by atoms with Crippen LogP contribution in [0.4, 0.5) is 0 Å². The van der Waals surface area contributed by atoms with Gasteiger partial charge in [0.15, 0.2) is 6.29 Å². The molecule has 10 heavy (non-hydrogen) atoms. The van der Waals surface area contributed by atoms with Crippen LogP contribution in [-0.2, 0) is 9.59 Å². The minimum absolute atomic E-state index is 0.177. The quantitative estimate of drug-likeness (QED) is 0.451. The lowest BCUT2D eigenvalue weighted by Crippen LogP contribution is -2.22. The summed E-state index contributed by atoms with van der Waals surface area (Å²) in [6.45, 7) is 3.78. The van der Waals surface area contributed by atoms with Gasteiger partial charge in [0.1, 0.15) is 6.29 Å². The smallest absolute Gasteiger partial charge is 0.166 e. The number of allylic oxidation sites excluding steroid dienone is 2. The molecular formula is C7H11NO2. The molecule has 3 nitrogen and oxygen atoms in total. The SMILES string of the molecule is CC(C)N/C(C=O)=C/C=O. The van der Waals surface area contributed by atoms with Gasteiger partial charge in [-0.2, -0.15) is 0 Å². The zero-order chi connectivity index (χ0) is 7.98. The van der Waals surface area contributed by atoms with Crippen molar-refractivity contribution in [2.45, 2.75) is 19.9 Å². The van der Waals surface area contributed by atoms with Gasteiger partial charge in [-0.15, -0.1) is 0 Å². The average molecular weight is 141 g/mol. The van der Waals surface area contributed by atoms with Crippen molar-refractivity contribution >= 4 is 12.6 Å². The van der Waals surface area contributed by atoms with Crippen molar-refractivity contribution in [2.24, 2.45) is 0 Å². The van der Waals surface area contributed by atoms with Crippen LogP contribution in [0.2, 0.25) is 0 Å². The third kappa shape index (κ3) is 3.83. The Morgan fingerprint density at radius 2 is 2.00 bits per heavy atom. The van der Waals surface area contributed by atoms with E-state index in [0.29, 0.717) is 18.3 Å². The fourth-order valence-corrected chi connectivity index (χ4v) is 0.528. The molecule has 0 bridgehead atoms. The maximum Gasteiger partial charge on any atom is 0.166 e. The van der Waals surface area contributed by atoms with E-state index in [0.717, 1.165) is 0 Å². The van der Waals surface area contributed by atoms with Crippen LogP contribution in [0.1, 0.15) is 13.8 Å². The van der Waals surface area contributed by atoms with Crippen molar-refractivity contribution in [3.8, 4) is 0 Å². The first-order valence-electron chi connectivity index (χ1n) is 3.08. The molecule has 0 aromatic heterocycles. The normalized spacial score (nSPS) is 11.3. The molecule has 0 spiro atoms. The molecule has 0 radical (unpaired) electrons. The Hall–Kier alpha value is -1.12. The van der Waals surface area contributed by atoms with E-state index in [4.69, 9.17) is 0 Å². The average Bonchev–Trinajstić information content (AvgIpc) is 1.86. The summed E-state index contributed by atoms with van der Waals surface area (Å²) in [4.78, 5) is 20.0. The van der Waals surface area contributed by atoms with Crippen LogP contribution >= 0.6 is 0 Å². The molecule has 0 heterocycles. The lowest BCUT2D eigenvalue weighted by atomic mass is 10.3. The monoisotopic (exact) mass is 141 g/mol. The van der Waals surface area contributed by atoms with Crippen LogP contribution in [0.3, 0.4) is 0 Å². The molecule has 0 aromatic rings. The van der Waals surface area contributed by atoms with E-state index in [9.17, 15) is 9.59 Å². The molecule has 56 valence electrons. The zero-order valence-corrected chi connectivity index (χ0v) is 6.13. The van der Waals surface area contributed by atoms with Crippen LogP contribution in [-0.4, -0.2) is 18.6 Å². The first kappa shape index (κ1) is 8.88. The molecule has 0 rings (SSSR count). The van der Waals surface area contributed by atoms with Gasteiger partial charge in [-0.05, 0) is 13.8 Å². The summed E-state index contributed by atoms with van der Waals surface area (Å²) in [5, 5.41) is 2.79. The minimum Gasteiger partial charge on any atom is -0.380 e. The Morgan fingerprint density at radius 3 is 2.30 bits per heavy atom. The minimum atomic E-state index is 0.177. The van der Waals surface area contributed by atoms with E-state index in [2.05, 4.69) is 5.32 Å². The van der Waals surface area contributed by atoms with E-state index < -0.39 is 0 Å². The molecule has 3 heteroatoms. The van der Waals surface area contributed by atoms with Crippen LogP contribution < -0.4 is 5.32 Å². The van der Waals surface area contributed by atoms with Crippen molar-refractivity contribution in [3.63, 3.8) is 0 Å². The van der Waals surface area contributed by atoms with E-state index in [-0.39, 0.29) is 6.04 Å². The van der Waals surface area contributed by atoms with Gasteiger partial charge in [-0.1, -0.05) is 0 Å². The van der Waals surface area contributed by atoms with E-state index >= 15 is 0 Å². The third-order valence-electron chi connectivity index (χ3n) is 0.830. The first-order valence-corrected chi connectivity index (χ1v) is 3.08. The fraction of sp³-hybridized carbons (Fsp3) is 0.429. The molecule has 0 saturated carbocycles. The molecule has 0 saturated heterocycles. The Kier molecular flexibility index (Phi) is 4.20. The van der Waals surface area contributed by atoms with Crippen LogP contribution in [0.25, 0.3) is 0 Å². The highest BCUT2D eigenvalue weighted by Gasteiger charge is 1.94. The number of hydrogen-bond acceptors (Lipinski definition) is 3. The lowest BCUT2D eigenvalue weighted by Gasteiger charge is -2.06. The Balaban J connectivity index is 3.95. The second-order valence-electron chi connectivity index (χ2n) is 2.17. The summed E-state index contributed by atoms with van der Waals surface area (Å²) >= 11 is 0. The van der Waals surface area contributed by atoms with Gasteiger partial charge in [-0.3, -0.25) is 9.59 Å². The first-order chi connectivity index (χ1) is 4.70. The molecule has 0 fully saturated rings. The molecular weight excluding hydrogens is 130 g/mol. The number of carbonyl (C=O) groups excluding carboxylic acids is 2. The Morgan fingerprint density at radius 1 is 1.40 bits per heavy atom. The Bertz CT molecular complexity index is 150. The number of rotatable bonds is 4. The summed E-state index contributed by atoms with van der Waals surface area (Å²) < 4.78 is 0. The van der Waals surface area contributed by atoms with E-state index in [1.165, 1.54) is 6.08 Å². The topological polar surface area (TPSA) is 46.2 Å². The number of hydrogen-bond donors (Lipinski definition) is 1. The van der Waals surface area contributed by atoms with Gasteiger partial charge in [0.2, 0.25) is 0 Å². The van der Waals surface area contributed by atoms with Crippen molar-refractivity contribution in [3.05, 3.63) is 11.8 Å². The molecule has 0 unspecified atom stereocenters. The van der Waals surface area contributed by atoms with Gasteiger partial charge in [0, 0.05) is 12.1 Å². The Labute approximate surface area is 60.1 Å². The van der Waals surface area contributed by atoms with Crippen molar-refractivity contribution < 1.29 is 9.59 Å². The predicted octanol–water partition coefficient (Wildman–Crippen LogP) is 0.266. The molecule has 0 aliphatic rings. The molecule has 0 aromatic carbocycles. The second-order valence-corrected chi connectivity index (χ2v) is 2.17. The highest BCUT2D eigenvalue weighted by molar-refractivity contribution is 5.81. The van der Waals surface area contributed by atoms with Crippen LogP contribution in [0.15, 0.2) is 11.8 Å². The summed E-state index contributed by atoms with van der Waals surface area (Å²) in [6.07, 6.45) is 2.40. The number of aldehydes is 2. The number of nitrogens with one attached hydrogen (secondary N) is 1. The van der Waals surface area contributed by atoms with Gasteiger partial charge in [-0.25, -0.2) is 0 Å². The maximum atomic E-state index is 10.1. The summed E-state index contributed by atoms with van der Waals surface area (Å²) in [6, 6.07) is 0.177. The van der Waals surface area contributed by atoms with Gasteiger partial charge in [0.05, 0.1) is 5.70 Å². The van der Waals surface area contributed by atoms with Crippen molar-refractivity contribution in [1.82, 2.24) is 5.32 Å². The molecule has 0 aliphatic carbocycles.